The van der Waals surface area contributed by atoms with Crippen molar-refractivity contribution in [3.05, 3.63) is 54.0 Å². The van der Waals surface area contributed by atoms with Crippen LogP contribution in [0.4, 0.5) is 5.69 Å². The van der Waals surface area contributed by atoms with Crippen molar-refractivity contribution in [3.8, 4) is 11.3 Å². The van der Waals surface area contributed by atoms with Crippen LogP contribution in [-0.4, -0.2) is 20.0 Å². The van der Waals surface area contributed by atoms with E-state index in [0.717, 1.165) is 23.5 Å². The molecule has 0 unspecified atom stereocenters. The van der Waals surface area contributed by atoms with E-state index < -0.39 is 0 Å². The first-order chi connectivity index (χ1) is 9.74. The van der Waals surface area contributed by atoms with Crippen LogP contribution in [0.15, 0.2) is 42.7 Å². The second-order valence-corrected chi connectivity index (χ2v) is 4.78. The fourth-order valence-corrected chi connectivity index (χ4v) is 2.10. The molecule has 0 amide bonds. The summed E-state index contributed by atoms with van der Waals surface area (Å²) >= 11 is 0. The summed E-state index contributed by atoms with van der Waals surface area (Å²) in [6.07, 6.45) is 3.66. The van der Waals surface area contributed by atoms with Crippen molar-refractivity contribution >= 4 is 5.69 Å². The molecule has 0 atom stereocenters. The maximum Gasteiger partial charge on any atom is 0.0650 e. The van der Waals surface area contributed by atoms with Crippen molar-refractivity contribution in [1.82, 2.24) is 20.0 Å². The summed E-state index contributed by atoms with van der Waals surface area (Å²) < 4.78 is 1.89. The summed E-state index contributed by atoms with van der Waals surface area (Å²) in [5, 5.41) is 14.6. The van der Waals surface area contributed by atoms with E-state index in [-0.39, 0.29) is 0 Å². The quantitative estimate of drug-likeness (QED) is 0.764. The van der Waals surface area contributed by atoms with Crippen LogP contribution in [0, 0.1) is 6.92 Å². The Balaban J connectivity index is 1.68. The molecule has 0 aliphatic heterocycles. The molecular weight excluding hydrogens is 250 g/mol. The zero-order valence-electron chi connectivity index (χ0n) is 11.6. The third kappa shape index (κ3) is 2.42. The molecular formula is C15H17N5. The van der Waals surface area contributed by atoms with Gasteiger partial charge in [-0.1, -0.05) is 12.1 Å². The Bertz CT molecular complexity index is 680. The van der Waals surface area contributed by atoms with Gasteiger partial charge in [0, 0.05) is 36.7 Å². The van der Waals surface area contributed by atoms with E-state index >= 15 is 0 Å². The van der Waals surface area contributed by atoms with Gasteiger partial charge in [0.2, 0.25) is 0 Å². The number of anilines is 1. The highest BCUT2D eigenvalue weighted by Gasteiger charge is 2.03. The second kappa shape index (κ2) is 5.21. The van der Waals surface area contributed by atoms with Gasteiger partial charge < -0.3 is 5.32 Å². The lowest BCUT2D eigenvalue weighted by Crippen LogP contribution is -2.01. The number of H-pyrrole nitrogens is 1. The van der Waals surface area contributed by atoms with Gasteiger partial charge >= 0.3 is 0 Å². The van der Waals surface area contributed by atoms with E-state index in [1.807, 2.05) is 24.0 Å². The van der Waals surface area contributed by atoms with Crippen LogP contribution in [0.1, 0.15) is 11.3 Å². The van der Waals surface area contributed by atoms with Crippen molar-refractivity contribution in [3.63, 3.8) is 0 Å². The van der Waals surface area contributed by atoms with Gasteiger partial charge in [-0.05, 0) is 30.7 Å². The Hall–Kier alpha value is -2.56. The minimum atomic E-state index is 0.781. The van der Waals surface area contributed by atoms with Gasteiger partial charge in [-0.2, -0.15) is 10.2 Å². The van der Waals surface area contributed by atoms with Crippen LogP contribution >= 0.6 is 0 Å². The molecule has 0 saturated carbocycles. The van der Waals surface area contributed by atoms with Gasteiger partial charge in [-0.25, -0.2) is 0 Å². The van der Waals surface area contributed by atoms with Crippen LogP contribution in [0.5, 0.6) is 0 Å². The second-order valence-electron chi connectivity index (χ2n) is 4.78. The smallest absolute Gasteiger partial charge is 0.0650 e. The van der Waals surface area contributed by atoms with Gasteiger partial charge in [0.25, 0.3) is 0 Å². The molecule has 0 saturated heterocycles. The van der Waals surface area contributed by atoms with Gasteiger partial charge in [0.1, 0.15) is 0 Å². The molecule has 0 radical (unpaired) electrons. The fraction of sp³-hybridized carbons (Fsp3) is 0.200. The Morgan fingerprint density at radius 3 is 2.60 bits per heavy atom. The van der Waals surface area contributed by atoms with Crippen molar-refractivity contribution in [2.45, 2.75) is 13.5 Å². The Morgan fingerprint density at radius 1 is 1.20 bits per heavy atom. The highest BCUT2D eigenvalue weighted by molar-refractivity contribution is 5.62. The average molecular weight is 267 g/mol. The first-order valence-corrected chi connectivity index (χ1v) is 6.55. The van der Waals surface area contributed by atoms with Crippen molar-refractivity contribution in [2.75, 3.05) is 5.32 Å². The molecule has 1 aromatic carbocycles. The van der Waals surface area contributed by atoms with Crippen molar-refractivity contribution in [2.24, 2.45) is 7.05 Å². The fourth-order valence-electron chi connectivity index (χ4n) is 2.10. The Kier molecular flexibility index (Phi) is 3.25. The highest BCUT2D eigenvalue weighted by atomic mass is 15.3. The lowest BCUT2D eigenvalue weighted by molar-refractivity contribution is 0.738. The van der Waals surface area contributed by atoms with E-state index in [1.54, 1.807) is 6.20 Å². The summed E-state index contributed by atoms with van der Waals surface area (Å²) in [5.74, 6) is 0. The van der Waals surface area contributed by atoms with Crippen LogP contribution in [-0.2, 0) is 13.6 Å². The molecule has 2 aromatic heterocycles. The molecule has 5 nitrogen and oxygen atoms in total. The lowest BCUT2D eigenvalue weighted by Gasteiger charge is -2.07. The number of hydrogen-bond donors (Lipinski definition) is 2. The normalized spacial score (nSPS) is 10.7. The molecule has 102 valence electrons. The molecule has 5 heteroatoms. The molecule has 2 heterocycles. The SMILES string of the molecule is Cc1c(CNc2ccc(-c3ccn[nH]3)cc2)cnn1C. The van der Waals surface area contributed by atoms with E-state index in [0.29, 0.717) is 0 Å². The number of benzene rings is 1. The van der Waals surface area contributed by atoms with Gasteiger partial charge in [-0.3, -0.25) is 9.78 Å². The number of nitrogens with zero attached hydrogens (tertiary/aromatic N) is 3. The average Bonchev–Trinajstić information content (AvgIpc) is 3.10. The molecule has 3 aromatic rings. The number of nitrogens with one attached hydrogen (secondary N) is 2. The minimum absolute atomic E-state index is 0.781. The molecule has 3 rings (SSSR count). The number of hydrogen-bond acceptors (Lipinski definition) is 3. The molecule has 0 aliphatic rings. The summed E-state index contributed by atoms with van der Waals surface area (Å²) in [7, 11) is 1.96. The highest BCUT2D eigenvalue weighted by Crippen LogP contribution is 2.19. The molecule has 20 heavy (non-hydrogen) atoms. The van der Waals surface area contributed by atoms with E-state index in [1.165, 1.54) is 11.3 Å². The van der Waals surface area contributed by atoms with Crippen molar-refractivity contribution in [1.29, 1.82) is 0 Å². The number of aromatic nitrogens is 4. The van der Waals surface area contributed by atoms with E-state index in [4.69, 9.17) is 0 Å². The lowest BCUT2D eigenvalue weighted by atomic mass is 10.1. The van der Waals surface area contributed by atoms with Crippen LogP contribution < -0.4 is 5.32 Å². The maximum atomic E-state index is 4.24. The van der Waals surface area contributed by atoms with Gasteiger partial charge in [0.05, 0.1) is 11.9 Å². The zero-order chi connectivity index (χ0) is 13.9. The summed E-state index contributed by atoms with van der Waals surface area (Å²) in [6.45, 7) is 2.86. The van der Waals surface area contributed by atoms with Crippen molar-refractivity contribution < 1.29 is 0 Å². The van der Waals surface area contributed by atoms with Crippen LogP contribution in [0.2, 0.25) is 0 Å². The number of aromatic amines is 1. The maximum absolute atomic E-state index is 4.24. The first kappa shape index (κ1) is 12.5. The third-order valence-corrected chi connectivity index (χ3v) is 3.52. The zero-order valence-corrected chi connectivity index (χ0v) is 11.6. The summed E-state index contributed by atoms with van der Waals surface area (Å²) in [6, 6.07) is 10.3. The molecule has 2 N–H and O–H groups in total. The van der Waals surface area contributed by atoms with Crippen LogP contribution in [0.25, 0.3) is 11.3 Å². The molecule has 0 aliphatic carbocycles. The van der Waals surface area contributed by atoms with E-state index in [2.05, 4.69) is 51.8 Å². The minimum Gasteiger partial charge on any atom is -0.381 e. The number of aryl methyl sites for hydroxylation is 1. The Morgan fingerprint density at radius 2 is 2.00 bits per heavy atom. The van der Waals surface area contributed by atoms with E-state index in [9.17, 15) is 0 Å². The largest absolute Gasteiger partial charge is 0.381 e. The summed E-state index contributed by atoms with van der Waals surface area (Å²) in [5.41, 5.74) is 5.65. The first-order valence-electron chi connectivity index (χ1n) is 6.55. The molecule has 0 fully saturated rings. The standard InChI is InChI=1S/C15H17N5/c1-11-13(10-18-20(11)2)9-16-14-5-3-12(4-6-14)15-7-8-17-19-15/h3-8,10,16H,9H2,1-2H3,(H,17,19). The van der Waals surface area contributed by atoms with Gasteiger partial charge in [-0.15, -0.1) is 0 Å². The van der Waals surface area contributed by atoms with Gasteiger partial charge in [0.15, 0.2) is 0 Å². The third-order valence-electron chi connectivity index (χ3n) is 3.52. The number of rotatable bonds is 4. The van der Waals surface area contributed by atoms with Crippen LogP contribution in [0.3, 0.4) is 0 Å². The predicted octanol–water partition coefficient (Wildman–Crippen LogP) is 2.73. The predicted molar refractivity (Wildman–Crippen MR) is 79.3 cm³/mol. The Labute approximate surface area is 117 Å². The molecule has 0 bridgehead atoms. The topological polar surface area (TPSA) is 58.5 Å². The summed E-state index contributed by atoms with van der Waals surface area (Å²) in [4.78, 5) is 0. The monoisotopic (exact) mass is 267 g/mol. The molecule has 0 spiro atoms.